The number of benzene rings is 1. The van der Waals surface area contributed by atoms with E-state index in [1.165, 1.54) is 0 Å². The lowest BCUT2D eigenvalue weighted by atomic mass is 10.1. The number of carboxylic acids is 1. The minimum absolute atomic E-state index is 0.0170. The van der Waals surface area contributed by atoms with Crippen LogP contribution in [0.3, 0.4) is 0 Å². The molecule has 1 aromatic carbocycles. The normalized spacial score (nSPS) is 23.7. The summed E-state index contributed by atoms with van der Waals surface area (Å²) >= 11 is 0. The molecule has 0 saturated carbocycles. The molecular weight excluding hydrogens is 300 g/mol. The van der Waals surface area contributed by atoms with Gasteiger partial charge in [-0.05, 0) is 24.1 Å². The van der Waals surface area contributed by atoms with E-state index < -0.39 is 5.97 Å². The van der Waals surface area contributed by atoms with Crippen molar-refractivity contribution in [2.75, 3.05) is 33.3 Å². The third kappa shape index (κ3) is 3.39. The molecule has 2 fully saturated rings. The second-order valence-electron chi connectivity index (χ2n) is 5.87. The molecule has 0 unspecified atom stereocenters. The van der Waals surface area contributed by atoms with Crippen LogP contribution in [0, 0.1) is 0 Å². The highest BCUT2D eigenvalue weighted by Gasteiger charge is 2.47. The Kier molecular flexibility index (Phi) is 4.38. The lowest BCUT2D eigenvalue weighted by Gasteiger charge is -2.21. The van der Waals surface area contributed by atoms with Crippen LogP contribution in [0.15, 0.2) is 24.3 Å². The van der Waals surface area contributed by atoms with E-state index >= 15 is 0 Å². The summed E-state index contributed by atoms with van der Waals surface area (Å²) in [7, 11) is 1.62. The Labute approximate surface area is 134 Å². The molecule has 1 aromatic rings. The zero-order valence-electron chi connectivity index (χ0n) is 13.0. The number of ether oxygens (including phenoxy) is 2. The van der Waals surface area contributed by atoms with Gasteiger partial charge in [-0.2, -0.15) is 0 Å². The van der Waals surface area contributed by atoms with Crippen LogP contribution in [0.5, 0.6) is 5.75 Å². The molecule has 2 atom stereocenters. The Balaban J connectivity index is 1.58. The molecule has 0 aromatic heterocycles. The van der Waals surface area contributed by atoms with Gasteiger partial charge in [0, 0.05) is 19.6 Å². The van der Waals surface area contributed by atoms with Crippen LogP contribution in [0.1, 0.15) is 5.56 Å². The van der Waals surface area contributed by atoms with E-state index in [2.05, 4.69) is 0 Å². The first-order chi connectivity index (χ1) is 11.1. The van der Waals surface area contributed by atoms with Crippen molar-refractivity contribution < 1.29 is 24.2 Å². The van der Waals surface area contributed by atoms with Crippen LogP contribution in [0.4, 0.5) is 4.79 Å². The van der Waals surface area contributed by atoms with E-state index in [0.717, 1.165) is 17.7 Å². The third-order valence-electron chi connectivity index (χ3n) is 4.36. The number of carbonyl (C=O) groups is 2. The number of carbonyl (C=O) groups excluding carboxylic acids is 1. The maximum atomic E-state index is 12.0. The van der Waals surface area contributed by atoms with Crippen molar-refractivity contribution in [2.24, 2.45) is 0 Å². The average Bonchev–Trinajstić information content (AvgIpc) is 3.01. The Morgan fingerprint density at radius 3 is 2.74 bits per heavy atom. The van der Waals surface area contributed by atoms with Crippen molar-refractivity contribution in [3.8, 4) is 5.75 Å². The second kappa shape index (κ2) is 6.45. The standard InChI is InChI=1S/C16H20N2O5/c1-22-12-4-2-11(3-5-12)6-7-18-13-8-17(10-15(19)20)9-14(13)23-16(18)21/h2-5,13-14H,6-10H2,1H3,(H,19,20)/t13-,14+/m0/s1. The molecule has 2 aliphatic rings. The van der Waals surface area contributed by atoms with Crippen molar-refractivity contribution in [2.45, 2.75) is 18.6 Å². The number of fused-ring (bicyclic) bond motifs is 1. The van der Waals surface area contributed by atoms with Crippen molar-refractivity contribution >= 4 is 12.1 Å². The smallest absolute Gasteiger partial charge is 0.410 e. The van der Waals surface area contributed by atoms with Crippen molar-refractivity contribution in [3.05, 3.63) is 29.8 Å². The summed E-state index contributed by atoms with van der Waals surface area (Å²) in [6.45, 7) is 1.58. The van der Waals surface area contributed by atoms with Gasteiger partial charge < -0.3 is 14.6 Å². The van der Waals surface area contributed by atoms with Gasteiger partial charge in [0.25, 0.3) is 0 Å². The van der Waals surface area contributed by atoms with Crippen LogP contribution in [0.2, 0.25) is 0 Å². The van der Waals surface area contributed by atoms with Crippen molar-refractivity contribution in [1.82, 2.24) is 9.80 Å². The number of hydrogen-bond donors (Lipinski definition) is 1. The van der Waals surface area contributed by atoms with E-state index in [0.29, 0.717) is 19.6 Å². The number of rotatable bonds is 6. The fraction of sp³-hybridized carbons (Fsp3) is 0.500. The van der Waals surface area contributed by atoms with Crippen molar-refractivity contribution in [3.63, 3.8) is 0 Å². The molecular formula is C16H20N2O5. The molecule has 7 nitrogen and oxygen atoms in total. The number of carboxylic acid groups (broad SMARTS) is 1. The Morgan fingerprint density at radius 1 is 1.35 bits per heavy atom. The number of likely N-dealkylation sites (tertiary alicyclic amines) is 1. The summed E-state index contributed by atoms with van der Waals surface area (Å²) in [5.41, 5.74) is 1.11. The predicted octanol–water partition coefficient (Wildman–Crippen LogP) is 0.827. The lowest BCUT2D eigenvalue weighted by molar-refractivity contribution is -0.138. The molecule has 2 saturated heterocycles. The van der Waals surface area contributed by atoms with Gasteiger partial charge in [0.15, 0.2) is 0 Å². The lowest BCUT2D eigenvalue weighted by Crippen LogP contribution is -2.40. The zero-order chi connectivity index (χ0) is 16.4. The summed E-state index contributed by atoms with van der Waals surface area (Å²) in [4.78, 5) is 26.3. The number of hydrogen-bond acceptors (Lipinski definition) is 5. The largest absolute Gasteiger partial charge is 0.497 e. The fourth-order valence-electron chi connectivity index (χ4n) is 3.20. The molecule has 1 amide bonds. The highest BCUT2D eigenvalue weighted by Crippen LogP contribution is 2.27. The highest BCUT2D eigenvalue weighted by molar-refractivity contribution is 5.72. The maximum absolute atomic E-state index is 12.0. The van der Waals surface area contributed by atoms with Crippen LogP contribution in [0.25, 0.3) is 0 Å². The van der Waals surface area contributed by atoms with Gasteiger partial charge in [-0.3, -0.25) is 14.6 Å². The summed E-state index contributed by atoms with van der Waals surface area (Å²) in [6, 6.07) is 7.68. The first kappa shape index (κ1) is 15.6. The van der Waals surface area contributed by atoms with E-state index in [4.69, 9.17) is 14.6 Å². The van der Waals surface area contributed by atoms with Crippen LogP contribution >= 0.6 is 0 Å². The van der Waals surface area contributed by atoms with Gasteiger partial charge in [0.2, 0.25) is 0 Å². The van der Waals surface area contributed by atoms with Gasteiger partial charge in [0.1, 0.15) is 11.9 Å². The second-order valence-corrected chi connectivity index (χ2v) is 5.87. The SMILES string of the molecule is COc1ccc(CCN2C(=O)O[C@@H]3CN(CC(=O)O)C[C@@H]32)cc1. The van der Waals surface area contributed by atoms with E-state index in [1.54, 1.807) is 12.0 Å². The summed E-state index contributed by atoms with van der Waals surface area (Å²) in [6.07, 6.45) is 0.197. The molecule has 2 heterocycles. The van der Waals surface area contributed by atoms with Gasteiger partial charge in [-0.15, -0.1) is 0 Å². The van der Waals surface area contributed by atoms with Crippen LogP contribution in [-0.4, -0.2) is 72.4 Å². The number of amides is 1. The average molecular weight is 320 g/mol. The summed E-state index contributed by atoms with van der Waals surface area (Å²) < 4.78 is 10.5. The third-order valence-corrected chi connectivity index (χ3v) is 4.36. The minimum Gasteiger partial charge on any atom is -0.497 e. The number of aliphatic carboxylic acids is 1. The minimum atomic E-state index is -0.860. The first-order valence-electron chi connectivity index (χ1n) is 7.61. The summed E-state index contributed by atoms with van der Waals surface area (Å²) in [5.74, 6) is -0.0596. The Morgan fingerprint density at radius 2 is 2.09 bits per heavy atom. The molecule has 3 rings (SSSR count). The monoisotopic (exact) mass is 320 g/mol. The Bertz CT molecular complexity index is 589. The molecule has 0 aliphatic carbocycles. The predicted molar refractivity (Wildman–Crippen MR) is 81.5 cm³/mol. The zero-order valence-corrected chi connectivity index (χ0v) is 13.0. The van der Waals surface area contributed by atoms with E-state index in [9.17, 15) is 9.59 Å². The first-order valence-corrected chi connectivity index (χ1v) is 7.61. The molecule has 0 spiro atoms. The van der Waals surface area contributed by atoms with Crippen LogP contribution < -0.4 is 4.74 Å². The number of methoxy groups -OCH3 is 1. The summed E-state index contributed by atoms with van der Waals surface area (Å²) in [5, 5.41) is 8.88. The van der Waals surface area contributed by atoms with Gasteiger partial charge in [0.05, 0.1) is 19.7 Å². The molecule has 2 aliphatic heterocycles. The molecule has 1 N–H and O–H groups in total. The fourth-order valence-corrected chi connectivity index (χ4v) is 3.20. The van der Waals surface area contributed by atoms with Gasteiger partial charge in [-0.25, -0.2) is 4.79 Å². The highest BCUT2D eigenvalue weighted by atomic mass is 16.6. The Hall–Kier alpha value is -2.28. The van der Waals surface area contributed by atoms with Gasteiger partial charge in [-0.1, -0.05) is 12.1 Å². The topological polar surface area (TPSA) is 79.3 Å². The van der Waals surface area contributed by atoms with Gasteiger partial charge >= 0.3 is 12.1 Å². The molecule has 0 radical (unpaired) electrons. The van der Waals surface area contributed by atoms with Crippen LogP contribution in [-0.2, 0) is 16.0 Å². The van der Waals surface area contributed by atoms with E-state index in [1.807, 2.05) is 29.2 Å². The molecule has 0 bridgehead atoms. The molecule has 23 heavy (non-hydrogen) atoms. The maximum Gasteiger partial charge on any atom is 0.410 e. The van der Waals surface area contributed by atoms with E-state index in [-0.39, 0.29) is 24.8 Å². The quantitative estimate of drug-likeness (QED) is 0.836. The van der Waals surface area contributed by atoms with Crippen molar-refractivity contribution in [1.29, 1.82) is 0 Å². The molecule has 7 heteroatoms. The molecule has 124 valence electrons. The number of nitrogens with zero attached hydrogens (tertiary/aromatic N) is 2.